The molecule has 0 radical (unpaired) electrons. The number of aliphatic hydroxyl groups excluding tert-OH is 6. The maximum Gasteiger partial charge on any atom is 0.187 e. The number of ether oxygens (including phenoxy) is 2. The average molecular weight is 310 g/mol. The van der Waals surface area contributed by atoms with E-state index in [2.05, 4.69) is 0 Å². The van der Waals surface area contributed by atoms with Gasteiger partial charge < -0.3 is 45.4 Å². The fraction of sp³-hybridized carbons (Fsp3) is 1.00. The Morgan fingerprint density at radius 1 is 0.952 bits per heavy atom. The molecule has 8 N–H and O–H groups in total. The van der Waals surface area contributed by atoms with Crippen molar-refractivity contribution in [2.45, 2.75) is 42.9 Å². The largest absolute Gasteiger partial charge is 0.396 e. The third kappa shape index (κ3) is 3.52. The summed E-state index contributed by atoms with van der Waals surface area (Å²) in [5, 5.41) is 59.5. The van der Waals surface area contributed by atoms with Gasteiger partial charge in [-0.15, -0.1) is 0 Å². The van der Waals surface area contributed by atoms with E-state index in [4.69, 9.17) is 14.6 Å². The molecule has 0 aromatic heterocycles. The summed E-state index contributed by atoms with van der Waals surface area (Å²) in [5.41, 5.74) is 0. The highest BCUT2D eigenvalue weighted by atomic mass is 16.7. The lowest BCUT2D eigenvalue weighted by Crippen LogP contribution is -2.92. The minimum Gasteiger partial charge on any atom is -0.396 e. The molecule has 2 saturated heterocycles. The van der Waals surface area contributed by atoms with E-state index in [0.717, 1.165) is 0 Å². The van der Waals surface area contributed by atoms with Gasteiger partial charge in [0.25, 0.3) is 0 Å². The van der Waals surface area contributed by atoms with Gasteiger partial charge in [-0.3, -0.25) is 0 Å². The van der Waals surface area contributed by atoms with Gasteiger partial charge in [0.05, 0.1) is 25.7 Å². The fourth-order valence-electron chi connectivity index (χ4n) is 2.78. The normalized spacial score (nSPS) is 48.3. The van der Waals surface area contributed by atoms with Gasteiger partial charge in [-0.2, -0.15) is 0 Å². The molecule has 124 valence electrons. The molecule has 2 rings (SSSR count). The summed E-state index contributed by atoms with van der Waals surface area (Å²) in [4.78, 5) is 0. The van der Waals surface area contributed by atoms with Crippen molar-refractivity contribution in [3.63, 3.8) is 0 Å². The number of hydrogen-bond donors (Lipinski definition) is 7. The molecule has 0 aliphatic carbocycles. The van der Waals surface area contributed by atoms with Crippen LogP contribution in [0.4, 0.5) is 0 Å². The van der Waals surface area contributed by atoms with Gasteiger partial charge in [0.1, 0.15) is 43.2 Å². The Balaban J connectivity index is 2.05. The summed E-state index contributed by atoms with van der Waals surface area (Å²) in [6.07, 6.45) is -8.48. The molecule has 21 heavy (non-hydrogen) atoms. The van der Waals surface area contributed by atoms with Crippen molar-refractivity contribution in [3.05, 3.63) is 0 Å². The Labute approximate surface area is 121 Å². The summed E-state index contributed by atoms with van der Waals surface area (Å²) in [6.45, 7) is 0.194. The quantitative estimate of drug-likeness (QED) is 0.271. The topological polar surface area (TPSA) is 156 Å². The highest BCUT2D eigenvalue weighted by Gasteiger charge is 2.47. The number of rotatable bonds is 4. The molecule has 9 heteroatoms. The lowest BCUT2D eigenvalue weighted by molar-refractivity contribution is -0.681. The first-order chi connectivity index (χ1) is 9.99. The summed E-state index contributed by atoms with van der Waals surface area (Å²) < 4.78 is 10.8. The van der Waals surface area contributed by atoms with Crippen molar-refractivity contribution < 1.29 is 45.4 Å². The molecular formula is C12H24NO8+. The van der Waals surface area contributed by atoms with Crippen LogP contribution in [0.15, 0.2) is 0 Å². The third-order valence-electron chi connectivity index (χ3n) is 4.10. The van der Waals surface area contributed by atoms with Gasteiger partial charge in [0.15, 0.2) is 6.29 Å². The average Bonchev–Trinajstić information content (AvgIpc) is 2.49. The summed E-state index contributed by atoms with van der Waals surface area (Å²) in [5.74, 6) is -0.346. The molecular weight excluding hydrogens is 286 g/mol. The summed E-state index contributed by atoms with van der Waals surface area (Å²) in [6, 6.07) is 0. The standard InChI is InChI=1S/C12H23NO8/c14-3-5-1-13-2-6(16)11(5)21-12-10(19)9(18)8(17)7(4-15)20-12/h5-19H,1-4H2/p+1/t5-,6-,7-,8-,9+,10+,11-,12+/m1/s1. The summed E-state index contributed by atoms with van der Waals surface area (Å²) >= 11 is 0. The second kappa shape index (κ2) is 7.27. The van der Waals surface area contributed by atoms with Gasteiger partial charge in [0.2, 0.25) is 0 Å². The van der Waals surface area contributed by atoms with Crippen LogP contribution in [0.1, 0.15) is 0 Å². The molecule has 0 amide bonds. The Bertz CT molecular complexity index is 330. The second-order valence-electron chi connectivity index (χ2n) is 5.57. The van der Waals surface area contributed by atoms with Crippen molar-refractivity contribution >= 4 is 0 Å². The SMILES string of the molecule is OC[C@H]1C[NH2+]C[C@@H](O)[C@@H]1O[C@@H]1O[C@H](CO)[C@@H](O)[C@H](O)[C@@H]1O. The maximum absolute atomic E-state index is 9.96. The van der Waals surface area contributed by atoms with E-state index in [9.17, 15) is 25.5 Å². The highest BCUT2D eigenvalue weighted by molar-refractivity contribution is 4.90. The van der Waals surface area contributed by atoms with Crippen molar-refractivity contribution in [1.29, 1.82) is 0 Å². The fourth-order valence-corrected chi connectivity index (χ4v) is 2.78. The molecule has 0 aromatic carbocycles. The van der Waals surface area contributed by atoms with Crippen molar-refractivity contribution in [2.24, 2.45) is 5.92 Å². The first kappa shape index (κ1) is 17.0. The van der Waals surface area contributed by atoms with Gasteiger partial charge >= 0.3 is 0 Å². The van der Waals surface area contributed by atoms with Crippen LogP contribution in [0.2, 0.25) is 0 Å². The predicted octanol–water partition coefficient (Wildman–Crippen LogP) is -5.28. The van der Waals surface area contributed by atoms with Crippen LogP contribution < -0.4 is 5.32 Å². The smallest absolute Gasteiger partial charge is 0.187 e. The number of aliphatic hydroxyl groups is 6. The van der Waals surface area contributed by atoms with E-state index >= 15 is 0 Å². The van der Waals surface area contributed by atoms with Crippen molar-refractivity contribution in [2.75, 3.05) is 26.3 Å². The molecule has 9 nitrogen and oxygen atoms in total. The number of hydrogen-bond acceptors (Lipinski definition) is 8. The first-order valence-electron chi connectivity index (χ1n) is 7.06. The minimum absolute atomic E-state index is 0.199. The van der Waals surface area contributed by atoms with E-state index in [1.54, 1.807) is 0 Å². The third-order valence-corrected chi connectivity index (χ3v) is 4.10. The Kier molecular flexibility index (Phi) is 5.88. The van der Waals surface area contributed by atoms with Crippen molar-refractivity contribution in [1.82, 2.24) is 0 Å². The van der Waals surface area contributed by atoms with E-state index < -0.39 is 49.5 Å². The molecule has 2 aliphatic heterocycles. The Morgan fingerprint density at radius 2 is 1.67 bits per heavy atom. The van der Waals surface area contributed by atoms with Crippen LogP contribution in [0, 0.1) is 5.92 Å². The lowest BCUT2D eigenvalue weighted by atomic mass is 9.94. The lowest BCUT2D eigenvalue weighted by Gasteiger charge is -2.43. The van der Waals surface area contributed by atoms with Gasteiger partial charge in [-0.25, -0.2) is 0 Å². The zero-order chi connectivity index (χ0) is 15.6. The monoisotopic (exact) mass is 310 g/mol. The molecule has 0 aromatic rings. The van der Waals surface area contributed by atoms with E-state index in [1.165, 1.54) is 0 Å². The molecule has 0 spiro atoms. The molecule has 0 saturated carbocycles. The Hall–Kier alpha value is -0.360. The van der Waals surface area contributed by atoms with E-state index in [0.29, 0.717) is 13.1 Å². The molecule has 0 bridgehead atoms. The zero-order valence-electron chi connectivity index (χ0n) is 11.5. The molecule has 8 atom stereocenters. The second-order valence-corrected chi connectivity index (χ2v) is 5.57. The van der Waals surface area contributed by atoms with Crippen molar-refractivity contribution in [3.8, 4) is 0 Å². The van der Waals surface area contributed by atoms with Crippen LogP contribution in [0.25, 0.3) is 0 Å². The highest BCUT2D eigenvalue weighted by Crippen LogP contribution is 2.25. The molecule has 0 unspecified atom stereocenters. The van der Waals surface area contributed by atoms with E-state index in [-0.39, 0.29) is 12.5 Å². The summed E-state index contributed by atoms with van der Waals surface area (Å²) in [7, 11) is 0. The van der Waals surface area contributed by atoms with E-state index in [1.807, 2.05) is 5.32 Å². The molecule has 2 fully saturated rings. The van der Waals surface area contributed by atoms with Gasteiger partial charge in [0, 0.05) is 0 Å². The predicted molar refractivity (Wildman–Crippen MR) is 66.9 cm³/mol. The van der Waals surface area contributed by atoms with Crippen LogP contribution in [-0.4, -0.2) is 99.9 Å². The Morgan fingerprint density at radius 3 is 2.29 bits per heavy atom. The minimum atomic E-state index is -1.53. The molecule has 2 aliphatic rings. The first-order valence-corrected chi connectivity index (χ1v) is 7.06. The maximum atomic E-state index is 9.96. The number of quaternary nitrogens is 1. The van der Waals surface area contributed by atoms with Gasteiger partial charge in [-0.1, -0.05) is 0 Å². The number of piperidine rings is 1. The molecule has 2 heterocycles. The van der Waals surface area contributed by atoms with Gasteiger partial charge in [-0.05, 0) is 0 Å². The van der Waals surface area contributed by atoms with Crippen LogP contribution >= 0.6 is 0 Å². The van der Waals surface area contributed by atoms with Crippen LogP contribution in [-0.2, 0) is 9.47 Å². The van der Waals surface area contributed by atoms with Crippen LogP contribution in [0.3, 0.4) is 0 Å². The van der Waals surface area contributed by atoms with Crippen LogP contribution in [0.5, 0.6) is 0 Å². The number of nitrogens with two attached hydrogens (primary N) is 1. The zero-order valence-corrected chi connectivity index (χ0v) is 11.5.